The SMILES string of the molecule is COc1ccc([C@@H]2Nc3ccccc3NC3=C2C(=O)C[C@H](c2cccs2)C3)cc1OC. The van der Waals surface area contributed by atoms with E-state index in [1.54, 1.807) is 25.6 Å². The third-order valence-corrected chi connectivity index (χ3v) is 7.03. The summed E-state index contributed by atoms with van der Waals surface area (Å²) in [5, 5.41) is 9.27. The van der Waals surface area contributed by atoms with Crippen LogP contribution in [0.2, 0.25) is 0 Å². The van der Waals surface area contributed by atoms with Crippen LogP contribution in [0.15, 0.2) is 71.2 Å². The molecule has 1 aliphatic carbocycles. The fourth-order valence-corrected chi connectivity index (χ4v) is 5.33. The molecule has 0 amide bonds. The lowest BCUT2D eigenvalue weighted by atomic mass is 9.80. The molecule has 0 saturated heterocycles. The van der Waals surface area contributed by atoms with Gasteiger partial charge in [0, 0.05) is 28.5 Å². The van der Waals surface area contributed by atoms with Gasteiger partial charge in [0.1, 0.15) is 0 Å². The number of para-hydroxylation sites is 2. The Hall–Kier alpha value is -3.25. The van der Waals surface area contributed by atoms with Gasteiger partial charge in [0.05, 0.1) is 31.6 Å². The minimum absolute atomic E-state index is 0.173. The fraction of sp³-hybridized carbons (Fsp3) is 0.240. The van der Waals surface area contributed by atoms with Crippen LogP contribution < -0.4 is 20.1 Å². The number of carbonyl (C=O) groups excluding carboxylic acids is 1. The Morgan fingerprint density at radius 2 is 1.74 bits per heavy atom. The minimum Gasteiger partial charge on any atom is -0.493 e. The first-order chi connectivity index (χ1) is 15.2. The number of hydrogen-bond donors (Lipinski definition) is 2. The Morgan fingerprint density at radius 3 is 2.48 bits per heavy atom. The van der Waals surface area contributed by atoms with Crippen molar-refractivity contribution in [1.29, 1.82) is 0 Å². The number of carbonyl (C=O) groups is 1. The van der Waals surface area contributed by atoms with Crippen LogP contribution in [0.3, 0.4) is 0 Å². The summed E-state index contributed by atoms with van der Waals surface area (Å²) < 4.78 is 10.9. The van der Waals surface area contributed by atoms with E-state index in [4.69, 9.17) is 9.47 Å². The number of nitrogens with one attached hydrogen (secondary N) is 2. The van der Waals surface area contributed by atoms with Gasteiger partial charge < -0.3 is 20.1 Å². The average molecular weight is 433 g/mol. The Bertz CT molecular complexity index is 1150. The summed E-state index contributed by atoms with van der Waals surface area (Å²) in [4.78, 5) is 14.8. The zero-order valence-corrected chi connectivity index (χ0v) is 18.3. The van der Waals surface area contributed by atoms with Gasteiger partial charge in [-0.25, -0.2) is 0 Å². The molecule has 2 atom stereocenters. The fourth-order valence-electron chi connectivity index (χ4n) is 4.50. The number of anilines is 2. The van der Waals surface area contributed by atoms with E-state index in [9.17, 15) is 4.79 Å². The summed E-state index contributed by atoms with van der Waals surface area (Å²) in [5.74, 6) is 1.69. The van der Waals surface area contributed by atoms with E-state index in [1.165, 1.54) is 4.88 Å². The lowest BCUT2D eigenvalue weighted by Crippen LogP contribution is -2.26. The molecule has 31 heavy (non-hydrogen) atoms. The molecule has 0 bridgehead atoms. The number of allylic oxidation sites excluding steroid dienone is 1. The maximum absolute atomic E-state index is 13.5. The molecule has 3 aromatic rings. The number of rotatable bonds is 4. The molecule has 2 N–H and O–H groups in total. The highest BCUT2D eigenvalue weighted by Crippen LogP contribution is 2.45. The van der Waals surface area contributed by atoms with E-state index in [0.717, 1.165) is 34.6 Å². The van der Waals surface area contributed by atoms with E-state index in [0.29, 0.717) is 17.9 Å². The molecule has 2 aliphatic rings. The molecule has 5 nitrogen and oxygen atoms in total. The van der Waals surface area contributed by atoms with Crippen LogP contribution in [-0.4, -0.2) is 20.0 Å². The van der Waals surface area contributed by atoms with Gasteiger partial charge in [-0.15, -0.1) is 11.3 Å². The van der Waals surface area contributed by atoms with Gasteiger partial charge in [0.15, 0.2) is 17.3 Å². The van der Waals surface area contributed by atoms with Crippen molar-refractivity contribution in [2.75, 3.05) is 24.9 Å². The van der Waals surface area contributed by atoms with Crippen LogP contribution in [0.4, 0.5) is 11.4 Å². The number of ether oxygens (including phenoxy) is 2. The third-order valence-electron chi connectivity index (χ3n) is 6.00. The van der Waals surface area contributed by atoms with E-state index in [-0.39, 0.29) is 17.7 Å². The summed E-state index contributed by atoms with van der Waals surface area (Å²) >= 11 is 1.72. The summed E-state index contributed by atoms with van der Waals surface area (Å²) in [6.07, 6.45) is 1.32. The Labute approximate surface area is 185 Å². The molecule has 1 aliphatic heterocycles. The van der Waals surface area contributed by atoms with Crippen molar-refractivity contribution < 1.29 is 14.3 Å². The monoisotopic (exact) mass is 432 g/mol. The predicted molar refractivity (Wildman–Crippen MR) is 124 cm³/mol. The number of ketones is 1. The van der Waals surface area contributed by atoms with Crippen molar-refractivity contribution in [3.05, 3.63) is 81.7 Å². The summed E-state index contributed by atoms with van der Waals surface area (Å²) in [7, 11) is 3.25. The van der Waals surface area contributed by atoms with Gasteiger partial charge in [-0.1, -0.05) is 24.3 Å². The topological polar surface area (TPSA) is 59.6 Å². The molecule has 0 unspecified atom stereocenters. The molecule has 2 aromatic carbocycles. The molecule has 158 valence electrons. The molecule has 0 spiro atoms. The van der Waals surface area contributed by atoms with Crippen molar-refractivity contribution in [2.45, 2.75) is 24.8 Å². The first kappa shape index (κ1) is 19.7. The van der Waals surface area contributed by atoms with Crippen molar-refractivity contribution in [3.8, 4) is 11.5 Å². The summed E-state index contributed by atoms with van der Waals surface area (Å²) in [6.45, 7) is 0. The lowest BCUT2D eigenvalue weighted by Gasteiger charge is -2.29. The van der Waals surface area contributed by atoms with E-state index in [1.807, 2.05) is 42.5 Å². The predicted octanol–water partition coefficient (Wildman–Crippen LogP) is 5.74. The minimum atomic E-state index is -0.275. The Morgan fingerprint density at radius 1 is 0.935 bits per heavy atom. The number of thiophene rings is 1. The standard InChI is InChI=1S/C25H24N2O3S/c1-29-21-10-9-15(14-22(21)30-2)25-24-19(26-17-6-3-4-7-18(17)27-25)12-16(13-20(24)28)23-8-5-11-31-23/h3-11,14,16,25-27H,12-13H2,1-2H3/t16-,25+/m1/s1. The number of Topliss-reactive ketones (excluding diaryl/α,β-unsaturated/α-hetero) is 1. The van der Waals surface area contributed by atoms with Crippen LogP contribution in [-0.2, 0) is 4.79 Å². The molecule has 1 aromatic heterocycles. The second kappa shape index (κ2) is 8.12. The van der Waals surface area contributed by atoms with Crippen LogP contribution >= 0.6 is 11.3 Å². The Balaban J connectivity index is 1.63. The smallest absolute Gasteiger partial charge is 0.163 e. The number of fused-ring (bicyclic) bond motifs is 1. The number of benzene rings is 2. The van der Waals surface area contributed by atoms with Gasteiger partial charge in [-0.2, -0.15) is 0 Å². The van der Waals surface area contributed by atoms with Crippen molar-refractivity contribution >= 4 is 28.5 Å². The maximum Gasteiger partial charge on any atom is 0.163 e. The van der Waals surface area contributed by atoms with Gasteiger partial charge >= 0.3 is 0 Å². The van der Waals surface area contributed by atoms with Gasteiger partial charge in [-0.05, 0) is 47.7 Å². The normalized spacial score (nSPS) is 20.1. The van der Waals surface area contributed by atoms with Crippen LogP contribution in [0.5, 0.6) is 11.5 Å². The van der Waals surface area contributed by atoms with Gasteiger partial charge in [0.2, 0.25) is 0 Å². The molecule has 6 heteroatoms. The summed E-state index contributed by atoms with van der Waals surface area (Å²) in [6, 6.07) is 17.8. The number of methoxy groups -OCH3 is 2. The van der Waals surface area contributed by atoms with E-state index >= 15 is 0 Å². The van der Waals surface area contributed by atoms with Crippen molar-refractivity contribution in [2.24, 2.45) is 0 Å². The molecular weight excluding hydrogens is 408 g/mol. The van der Waals surface area contributed by atoms with E-state index < -0.39 is 0 Å². The van der Waals surface area contributed by atoms with Crippen molar-refractivity contribution in [3.63, 3.8) is 0 Å². The van der Waals surface area contributed by atoms with E-state index in [2.05, 4.69) is 28.1 Å². The average Bonchev–Trinajstić information content (AvgIpc) is 3.27. The van der Waals surface area contributed by atoms with Crippen molar-refractivity contribution in [1.82, 2.24) is 0 Å². The largest absolute Gasteiger partial charge is 0.493 e. The first-order valence-electron chi connectivity index (χ1n) is 10.3. The first-order valence-corrected chi connectivity index (χ1v) is 11.2. The highest BCUT2D eigenvalue weighted by molar-refractivity contribution is 7.10. The molecule has 5 rings (SSSR count). The Kier molecular flexibility index (Phi) is 5.16. The van der Waals surface area contributed by atoms with Crippen LogP contribution in [0.1, 0.15) is 35.2 Å². The van der Waals surface area contributed by atoms with Gasteiger partial charge in [-0.3, -0.25) is 4.79 Å². The quantitative estimate of drug-likeness (QED) is 0.550. The summed E-state index contributed by atoms with van der Waals surface area (Å²) in [5.41, 5.74) is 4.71. The second-order valence-electron chi connectivity index (χ2n) is 7.80. The zero-order valence-electron chi connectivity index (χ0n) is 17.5. The highest BCUT2D eigenvalue weighted by atomic mass is 32.1. The molecule has 0 fully saturated rings. The zero-order chi connectivity index (χ0) is 21.4. The second-order valence-corrected chi connectivity index (χ2v) is 8.78. The lowest BCUT2D eigenvalue weighted by molar-refractivity contribution is -0.116. The number of hydrogen-bond acceptors (Lipinski definition) is 6. The third kappa shape index (κ3) is 3.57. The van der Waals surface area contributed by atoms with Crippen LogP contribution in [0.25, 0.3) is 0 Å². The molecular formula is C25H24N2O3S. The highest BCUT2D eigenvalue weighted by Gasteiger charge is 2.36. The molecule has 0 radical (unpaired) electrons. The molecule has 2 heterocycles. The van der Waals surface area contributed by atoms with Crippen LogP contribution in [0, 0.1) is 0 Å². The molecule has 0 saturated carbocycles. The maximum atomic E-state index is 13.5. The van der Waals surface area contributed by atoms with Gasteiger partial charge in [0.25, 0.3) is 0 Å².